The van der Waals surface area contributed by atoms with E-state index in [1.807, 2.05) is 23.1 Å². The molecule has 5 nitrogen and oxygen atoms in total. The predicted molar refractivity (Wildman–Crippen MR) is 84.6 cm³/mol. The standard InChI is InChI=1S/C15H19N3O2S/c19-14(20)10-17-6-8-18(9-7-17)15-16-13(11-21-15)12-4-2-1-3-5-12/h1-5,11,15-16H,6-10H2,(H,19,20). The minimum Gasteiger partial charge on any atom is -0.480 e. The number of benzene rings is 1. The lowest BCUT2D eigenvalue weighted by atomic mass is 10.2. The van der Waals surface area contributed by atoms with Gasteiger partial charge in [0.15, 0.2) is 0 Å². The Balaban J connectivity index is 1.51. The van der Waals surface area contributed by atoms with E-state index in [2.05, 4.69) is 27.8 Å². The molecule has 0 bridgehead atoms. The second-order valence-electron chi connectivity index (χ2n) is 5.24. The first-order valence-electron chi connectivity index (χ1n) is 7.08. The summed E-state index contributed by atoms with van der Waals surface area (Å²) in [5.74, 6) is -0.746. The molecule has 0 aromatic heterocycles. The fourth-order valence-corrected chi connectivity index (χ4v) is 3.67. The lowest BCUT2D eigenvalue weighted by Crippen LogP contribution is -2.53. The zero-order chi connectivity index (χ0) is 14.7. The van der Waals surface area contributed by atoms with Crippen molar-refractivity contribution in [3.05, 3.63) is 41.3 Å². The van der Waals surface area contributed by atoms with Crippen molar-refractivity contribution in [1.82, 2.24) is 15.1 Å². The maximum atomic E-state index is 10.7. The summed E-state index contributed by atoms with van der Waals surface area (Å²) in [6, 6.07) is 10.3. The Labute approximate surface area is 128 Å². The smallest absolute Gasteiger partial charge is 0.317 e. The lowest BCUT2D eigenvalue weighted by Gasteiger charge is -2.37. The van der Waals surface area contributed by atoms with Crippen LogP contribution >= 0.6 is 11.8 Å². The van der Waals surface area contributed by atoms with E-state index in [4.69, 9.17) is 5.11 Å². The van der Waals surface area contributed by atoms with Gasteiger partial charge in [-0.2, -0.15) is 0 Å². The van der Waals surface area contributed by atoms with Gasteiger partial charge in [-0.1, -0.05) is 42.1 Å². The zero-order valence-corrected chi connectivity index (χ0v) is 12.6. The van der Waals surface area contributed by atoms with Gasteiger partial charge in [-0.05, 0) is 11.0 Å². The van der Waals surface area contributed by atoms with Crippen molar-refractivity contribution < 1.29 is 9.90 Å². The Morgan fingerprint density at radius 2 is 1.95 bits per heavy atom. The number of hydrogen-bond donors (Lipinski definition) is 2. The van der Waals surface area contributed by atoms with Crippen LogP contribution in [0.5, 0.6) is 0 Å². The molecule has 2 N–H and O–H groups in total. The lowest BCUT2D eigenvalue weighted by molar-refractivity contribution is -0.138. The number of thioether (sulfide) groups is 1. The first-order valence-corrected chi connectivity index (χ1v) is 8.02. The zero-order valence-electron chi connectivity index (χ0n) is 11.7. The van der Waals surface area contributed by atoms with E-state index in [9.17, 15) is 4.79 Å². The van der Waals surface area contributed by atoms with Crippen molar-refractivity contribution in [3.8, 4) is 0 Å². The van der Waals surface area contributed by atoms with Crippen molar-refractivity contribution in [3.63, 3.8) is 0 Å². The van der Waals surface area contributed by atoms with Crippen LogP contribution in [0.25, 0.3) is 5.70 Å². The largest absolute Gasteiger partial charge is 0.480 e. The van der Waals surface area contributed by atoms with Gasteiger partial charge in [-0.3, -0.25) is 14.6 Å². The molecule has 2 aliphatic heterocycles. The fraction of sp³-hybridized carbons (Fsp3) is 0.400. The third-order valence-electron chi connectivity index (χ3n) is 3.78. The molecule has 1 fully saturated rings. The maximum Gasteiger partial charge on any atom is 0.317 e. The fourth-order valence-electron chi connectivity index (χ4n) is 2.63. The van der Waals surface area contributed by atoms with Crippen LogP contribution in [0.4, 0.5) is 0 Å². The monoisotopic (exact) mass is 305 g/mol. The van der Waals surface area contributed by atoms with Gasteiger partial charge in [-0.25, -0.2) is 0 Å². The summed E-state index contributed by atoms with van der Waals surface area (Å²) in [6.07, 6.45) is 0. The van der Waals surface area contributed by atoms with E-state index < -0.39 is 5.97 Å². The Hall–Kier alpha value is -1.50. The number of piperazine rings is 1. The molecular weight excluding hydrogens is 286 g/mol. The molecule has 3 rings (SSSR count). The topological polar surface area (TPSA) is 55.8 Å². The first kappa shape index (κ1) is 14.4. The van der Waals surface area contributed by atoms with Crippen molar-refractivity contribution in [2.75, 3.05) is 32.7 Å². The van der Waals surface area contributed by atoms with Gasteiger partial charge >= 0.3 is 5.97 Å². The van der Waals surface area contributed by atoms with Crippen LogP contribution in [0.3, 0.4) is 0 Å². The van der Waals surface area contributed by atoms with E-state index in [1.54, 1.807) is 11.8 Å². The molecule has 0 radical (unpaired) electrons. The van der Waals surface area contributed by atoms with Crippen LogP contribution in [0.1, 0.15) is 5.56 Å². The Bertz CT molecular complexity index is 527. The van der Waals surface area contributed by atoms with Crippen LogP contribution in [0.15, 0.2) is 35.7 Å². The molecule has 6 heteroatoms. The van der Waals surface area contributed by atoms with Gasteiger partial charge in [0.05, 0.1) is 6.54 Å². The van der Waals surface area contributed by atoms with Crippen LogP contribution in [-0.4, -0.2) is 59.1 Å². The van der Waals surface area contributed by atoms with Gasteiger partial charge in [-0.15, -0.1) is 0 Å². The quantitative estimate of drug-likeness (QED) is 0.875. The number of aliphatic carboxylic acids is 1. The molecule has 2 heterocycles. The highest BCUT2D eigenvalue weighted by Crippen LogP contribution is 2.29. The SMILES string of the molecule is O=C(O)CN1CCN(C2NC(c3ccccc3)=CS2)CC1. The highest BCUT2D eigenvalue weighted by Gasteiger charge is 2.27. The van der Waals surface area contributed by atoms with Crippen molar-refractivity contribution in [2.24, 2.45) is 0 Å². The number of rotatable bonds is 4. The number of hydrogen-bond acceptors (Lipinski definition) is 5. The molecule has 1 atom stereocenters. The molecule has 1 saturated heterocycles. The average molecular weight is 305 g/mol. The maximum absolute atomic E-state index is 10.7. The highest BCUT2D eigenvalue weighted by molar-refractivity contribution is 8.03. The summed E-state index contributed by atoms with van der Waals surface area (Å²) in [4.78, 5) is 15.1. The summed E-state index contributed by atoms with van der Waals surface area (Å²) < 4.78 is 0. The van der Waals surface area contributed by atoms with Crippen LogP contribution in [0, 0.1) is 0 Å². The molecule has 0 aliphatic carbocycles. The first-order chi connectivity index (χ1) is 10.2. The Kier molecular flexibility index (Phi) is 4.48. The molecule has 21 heavy (non-hydrogen) atoms. The van der Waals surface area contributed by atoms with Gasteiger partial charge in [0.1, 0.15) is 5.50 Å². The summed E-state index contributed by atoms with van der Waals surface area (Å²) >= 11 is 1.78. The van der Waals surface area contributed by atoms with E-state index in [0.29, 0.717) is 0 Å². The van der Waals surface area contributed by atoms with Crippen molar-refractivity contribution in [2.45, 2.75) is 5.50 Å². The van der Waals surface area contributed by atoms with Crippen LogP contribution in [-0.2, 0) is 4.79 Å². The van der Waals surface area contributed by atoms with Crippen LogP contribution in [0.2, 0.25) is 0 Å². The minimum absolute atomic E-state index is 0.145. The molecule has 1 unspecified atom stereocenters. The molecular formula is C15H19N3O2S. The number of nitrogens with one attached hydrogen (secondary N) is 1. The third kappa shape index (κ3) is 3.58. The number of carboxylic acid groups (broad SMARTS) is 1. The molecule has 112 valence electrons. The van der Waals surface area contributed by atoms with Gasteiger partial charge in [0.2, 0.25) is 0 Å². The number of carboxylic acids is 1. The van der Waals surface area contributed by atoms with E-state index in [1.165, 1.54) is 11.3 Å². The normalized spacial score (nSPS) is 23.6. The minimum atomic E-state index is -0.746. The number of nitrogens with zero attached hydrogens (tertiary/aromatic N) is 2. The van der Waals surface area contributed by atoms with Gasteiger partial charge < -0.3 is 10.4 Å². The number of carbonyl (C=O) groups is 1. The highest BCUT2D eigenvalue weighted by atomic mass is 32.2. The molecule has 2 aliphatic rings. The van der Waals surface area contributed by atoms with E-state index in [0.717, 1.165) is 26.2 Å². The molecule has 1 aromatic carbocycles. The second-order valence-corrected chi connectivity index (χ2v) is 6.19. The van der Waals surface area contributed by atoms with Gasteiger partial charge in [0, 0.05) is 31.9 Å². The molecule has 0 saturated carbocycles. The van der Waals surface area contributed by atoms with E-state index >= 15 is 0 Å². The summed E-state index contributed by atoms with van der Waals surface area (Å²) in [6.45, 7) is 3.56. The average Bonchev–Trinajstić information content (AvgIpc) is 2.98. The Morgan fingerprint density at radius 3 is 2.62 bits per heavy atom. The third-order valence-corrected chi connectivity index (χ3v) is 4.82. The predicted octanol–water partition coefficient (Wildman–Crippen LogP) is 1.31. The summed E-state index contributed by atoms with van der Waals surface area (Å²) in [5.41, 5.74) is 2.63. The van der Waals surface area contributed by atoms with Crippen molar-refractivity contribution >= 4 is 23.4 Å². The van der Waals surface area contributed by atoms with E-state index in [-0.39, 0.29) is 12.0 Å². The molecule has 0 amide bonds. The van der Waals surface area contributed by atoms with Crippen LogP contribution < -0.4 is 5.32 Å². The summed E-state index contributed by atoms with van der Waals surface area (Å²) in [7, 11) is 0. The molecule has 1 aromatic rings. The molecule has 0 spiro atoms. The summed E-state index contributed by atoms with van der Waals surface area (Å²) in [5, 5.41) is 14.5. The second kappa shape index (κ2) is 6.51. The Morgan fingerprint density at radius 1 is 1.24 bits per heavy atom. The van der Waals surface area contributed by atoms with Crippen molar-refractivity contribution in [1.29, 1.82) is 0 Å². The van der Waals surface area contributed by atoms with Gasteiger partial charge in [0.25, 0.3) is 0 Å².